The second-order valence-electron chi connectivity index (χ2n) is 8.05. The number of nitrogens with zero attached hydrogens (tertiary/aromatic N) is 1. The molecule has 8 nitrogen and oxygen atoms in total. The van der Waals surface area contributed by atoms with Crippen molar-refractivity contribution in [2.75, 3.05) is 11.9 Å². The minimum atomic E-state index is -0.959. The Hall–Kier alpha value is -3.52. The fourth-order valence-electron chi connectivity index (χ4n) is 4.52. The molecule has 1 unspecified atom stereocenters. The molecule has 2 aromatic rings. The van der Waals surface area contributed by atoms with Gasteiger partial charge >= 0.3 is 0 Å². The highest BCUT2D eigenvalue weighted by Crippen LogP contribution is 2.30. The van der Waals surface area contributed by atoms with E-state index >= 15 is 0 Å². The Balaban J connectivity index is 1.38. The number of carbonyl (C=O) groups excluding carboxylic acids is 4. The number of benzene rings is 2. The van der Waals surface area contributed by atoms with E-state index in [0.717, 1.165) is 30.1 Å². The van der Waals surface area contributed by atoms with Gasteiger partial charge < -0.3 is 10.6 Å². The van der Waals surface area contributed by atoms with Crippen molar-refractivity contribution in [3.05, 3.63) is 64.2 Å². The molecule has 8 heteroatoms. The number of anilines is 1. The Morgan fingerprint density at radius 1 is 1.00 bits per heavy atom. The summed E-state index contributed by atoms with van der Waals surface area (Å²) < 4.78 is 0. The molecule has 31 heavy (non-hydrogen) atoms. The minimum absolute atomic E-state index is 0.103. The summed E-state index contributed by atoms with van der Waals surface area (Å²) in [6, 6.07) is 10.4. The standard InChI is InChI=1S/C23H22N4O4/c28-19-7-6-18(21(29)26-19)27-22(30)17-3-1-2-14(20(17)23(27)31)12-25-16-5-4-13-8-9-24-11-15(13)10-16/h1-5,10,18,24-25H,6-9,11-12H2,(H,26,28,29). The van der Waals surface area contributed by atoms with Crippen LogP contribution in [0.1, 0.15) is 50.2 Å². The molecule has 3 aliphatic heterocycles. The number of imide groups is 2. The molecule has 0 aromatic heterocycles. The van der Waals surface area contributed by atoms with E-state index in [9.17, 15) is 19.2 Å². The van der Waals surface area contributed by atoms with Gasteiger partial charge in [-0.2, -0.15) is 0 Å². The summed E-state index contributed by atoms with van der Waals surface area (Å²) in [7, 11) is 0. The molecule has 158 valence electrons. The maximum atomic E-state index is 13.2. The summed E-state index contributed by atoms with van der Waals surface area (Å²) in [5.74, 6) is -1.96. The van der Waals surface area contributed by atoms with E-state index in [4.69, 9.17) is 0 Å². The molecule has 2 aromatic carbocycles. The molecule has 1 saturated heterocycles. The molecule has 0 spiro atoms. The fraction of sp³-hybridized carbons (Fsp3) is 0.304. The van der Waals surface area contributed by atoms with Crippen LogP contribution in [0.3, 0.4) is 0 Å². The van der Waals surface area contributed by atoms with Crippen LogP contribution in [0, 0.1) is 0 Å². The average Bonchev–Trinajstić information content (AvgIpc) is 3.03. The zero-order chi connectivity index (χ0) is 21.5. The third-order valence-corrected chi connectivity index (χ3v) is 6.13. The number of nitrogens with one attached hydrogen (secondary N) is 3. The van der Waals surface area contributed by atoms with E-state index in [1.807, 2.05) is 12.1 Å². The normalized spacial score (nSPS) is 20.4. The topological polar surface area (TPSA) is 108 Å². The van der Waals surface area contributed by atoms with Gasteiger partial charge in [0.05, 0.1) is 11.1 Å². The Morgan fingerprint density at radius 3 is 2.71 bits per heavy atom. The van der Waals surface area contributed by atoms with Crippen LogP contribution in [0.4, 0.5) is 5.69 Å². The molecule has 1 atom stereocenters. The molecule has 0 radical (unpaired) electrons. The minimum Gasteiger partial charge on any atom is -0.381 e. The van der Waals surface area contributed by atoms with E-state index in [1.165, 1.54) is 11.1 Å². The lowest BCUT2D eigenvalue weighted by atomic mass is 10.00. The lowest BCUT2D eigenvalue weighted by Crippen LogP contribution is -2.54. The molecule has 3 aliphatic rings. The number of carbonyl (C=O) groups is 4. The molecule has 3 N–H and O–H groups in total. The van der Waals surface area contributed by atoms with Crippen LogP contribution in [0.5, 0.6) is 0 Å². The van der Waals surface area contributed by atoms with Gasteiger partial charge in [-0.1, -0.05) is 18.2 Å². The monoisotopic (exact) mass is 418 g/mol. The van der Waals surface area contributed by atoms with Gasteiger partial charge in [0.15, 0.2) is 0 Å². The van der Waals surface area contributed by atoms with Gasteiger partial charge in [-0.05, 0) is 54.3 Å². The van der Waals surface area contributed by atoms with Crippen molar-refractivity contribution < 1.29 is 19.2 Å². The molecule has 0 saturated carbocycles. The Kier molecular flexibility index (Phi) is 4.78. The maximum Gasteiger partial charge on any atom is 0.262 e. The predicted octanol–water partition coefficient (Wildman–Crippen LogP) is 1.35. The first-order valence-corrected chi connectivity index (χ1v) is 10.4. The summed E-state index contributed by atoms with van der Waals surface area (Å²) in [6.45, 7) is 2.19. The summed E-state index contributed by atoms with van der Waals surface area (Å²) in [5, 5.41) is 8.93. The second kappa shape index (κ2) is 7.63. The van der Waals surface area contributed by atoms with Crippen LogP contribution in [-0.4, -0.2) is 41.1 Å². The van der Waals surface area contributed by atoms with E-state index < -0.39 is 23.8 Å². The Bertz CT molecular complexity index is 1130. The number of piperidine rings is 1. The Morgan fingerprint density at radius 2 is 1.87 bits per heavy atom. The highest BCUT2D eigenvalue weighted by atomic mass is 16.2. The van der Waals surface area contributed by atoms with Crippen LogP contribution in [0.15, 0.2) is 36.4 Å². The maximum absolute atomic E-state index is 13.2. The molecular formula is C23H22N4O4. The number of amides is 4. The van der Waals surface area contributed by atoms with Crippen molar-refractivity contribution in [2.24, 2.45) is 0 Å². The highest BCUT2D eigenvalue weighted by molar-refractivity contribution is 6.24. The highest BCUT2D eigenvalue weighted by Gasteiger charge is 2.45. The molecule has 1 fully saturated rings. The number of fused-ring (bicyclic) bond motifs is 2. The van der Waals surface area contributed by atoms with Gasteiger partial charge in [0.1, 0.15) is 6.04 Å². The number of hydrogen-bond acceptors (Lipinski definition) is 6. The lowest BCUT2D eigenvalue weighted by molar-refractivity contribution is -0.136. The summed E-state index contributed by atoms with van der Waals surface area (Å²) in [6.07, 6.45) is 1.26. The van der Waals surface area contributed by atoms with Gasteiger partial charge in [-0.25, -0.2) is 0 Å². The molecule has 5 rings (SSSR count). The first kappa shape index (κ1) is 19.4. The summed E-state index contributed by atoms with van der Waals surface area (Å²) in [5.41, 5.74) is 4.85. The van der Waals surface area contributed by atoms with Crippen molar-refractivity contribution in [1.29, 1.82) is 0 Å². The molecule has 4 amide bonds. The summed E-state index contributed by atoms with van der Waals surface area (Å²) in [4.78, 5) is 50.8. The molecular weight excluding hydrogens is 396 g/mol. The van der Waals surface area contributed by atoms with Gasteiger partial charge in [0, 0.05) is 25.2 Å². The van der Waals surface area contributed by atoms with Gasteiger partial charge in [-0.15, -0.1) is 0 Å². The molecule has 0 aliphatic carbocycles. The van der Waals surface area contributed by atoms with Crippen molar-refractivity contribution in [2.45, 2.75) is 38.4 Å². The van der Waals surface area contributed by atoms with Gasteiger partial charge in [-0.3, -0.25) is 29.4 Å². The first-order valence-electron chi connectivity index (χ1n) is 10.4. The van der Waals surface area contributed by atoms with Crippen LogP contribution in [-0.2, 0) is 29.1 Å². The van der Waals surface area contributed by atoms with E-state index in [1.54, 1.807) is 12.1 Å². The van der Waals surface area contributed by atoms with Gasteiger partial charge in [0.2, 0.25) is 11.8 Å². The quantitative estimate of drug-likeness (QED) is 0.647. The van der Waals surface area contributed by atoms with E-state index in [-0.39, 0.29) is 18.7 Å². The first-order chi connectivity index (χ1) is 15.0. The van der Waals surface area contributed by atoms with Crippen molar-refractivity contribution in [3.8, 4) is 0 Å². The van der Waals surface area contributed by atoms with Crippen LogP contribution in [0.25, 0.3) is 0 Å². The third-order valence-electron chi connectivity index (χ3n) is 6.13. The largest absolute Gasteiger partial charge is 0.381 e. The van der Waals surface area contributed by atoms with Crippen LogP contribution >= 0.6 is 0 Å². The SMILES string of the molecule is O=C1CCC(N2C(=O)c3cccc(CNc4ccc5c(c4)CNCC5)c3C2=O)C(=O)N1. The fourth-order valence-corrected chi connectivity index (χ4v) is 4.52. The van der Waals surface area contributed by atoms with E-state index in [0.29, 0.717) is 23.2 Å². The average molecular weight is 418 g/mol. The summed E-state index contributed by atoms with van der Waals surface area (Å²) >= 11 is 0. The second-order valence-corrected chi connectivity index (χ2v) is 8.05. The smallest absolute Gasteiger partial charge is 0.262 e. The molecule has 3 heterocycles. The van der Waals surface area contributed by atoms with E-state index in [2.05, 4.69) is 28.1 Å². The zero-order valence-corrected chi connectivity index (χ0v) is 16.9. The van der Waals surface area contributed by atoms with Crippen LogP contribution < -0.4 is 16.0 Å². The van der Waals surface area contributed by atoms with Crippen molar-refractivity contribution in [3.63, 3.8) is 0 Å². The zero-order valence-electron chi connectivity index (χ0n) is 16.9. The number of rotatable bonds is 4. The third kappa shape index (κ3) is 3.38. The van der Waals surface area contributed by atoms with Crippen molar-refractivity contribution >= 4 is 29.3 Å². The number of hydrogen-bond donors (Lipinski definition) is 3. The lowest BCUT2D eigenvalue weighted by Gasteiger charge is -2.27. The molecule has 0 bridgehead atoms. The Labute approximate surface area is 179 Å². The van der Waals surface area contributed by atoms with Crippen molar-refractivity contribution in [1.82, 2.24) is 15.5 Å². The van der Waals surface area contributed by atoms with Crippen LogP contribution in [0.2, 0.25) is 0 Å². The predicted molar refractivity (Wildman–Crippen MR) is 112 cm³/mol. The van der Waals surface area contributed by atoms with Gasteiger partial charge in [0.25, 0.3) is 11.8 Å².